The van der Waals surface area contributed by atoms with Gasteiger partial charge in [-0.05, 0) is 42.5 Å². The Balaban J connectivity index is 2.00. The molecule has 0 aromatic heterocycles. The van der Waals surface area contributed by atoms with Crippen LogP contribution in [0.2, 0.25) is 0 Å². The van der Waals surface area contributed by atoms with Crippen molar-refractivity contribution in [3.05, 3.63) is 48.5 Å². The molecule has 0 bridgehead atoms. The second-order valence-corrected chi connectivity index (χ2v) is 4.90. The first kappa shape index (κ1) is 15.4. The molecule has 0 heterocycles. The summed E-state index contributed by atoms with van der Waals surface area (Å²) in [7, 11) is 3.77. The van der Waals surface area contributed by atoms with Crippen LogP contribution in [0.1, 0.15) is 0 Å². The summed E-state index contributed by atoms with van der Waals surface area (Å²) in [5.41, 5.74) is 1.88. The normalized spacial score (nSPS) is 9.91. The summed E-state index contributed by atoms with van der Waals surface area (Å²) in [6, 6.07) is 13.0. The Morgan fingerprint density at radius 3 is 2.09 bits per heavy atom. The third-order valence-electron chi connectivity index (χ3n) is 2.95. The first-order valence-electron chi connectivity index (χ1n) is 6.64. The summed E-state index contributed by atoms with van der Waals surface area (Å²) in [6.45, 7) is 0. The zero-order valence-corrected chi connectivity index (χ0v) is 12.3. The van der Waals surface area contributed by atoms with E-state index in [1.807, 2.05) is 25.1 Å². The lowest BCUT2D eigenvalue weighted by Gasteiger charge is -2.14. The van der Waals surface area contributed by atoms with Crippen LogP contribution in [0.25, 0.3) is 0 Å². The van der Waals surface area contributed by atoms with Gasteiger partial charge in [-0.2, -0.15) is 0 Å². The van der Waals surface area contributed by atoms with E-state index in [4.69, 9.17) is 5.11 Å². The van der Waals surface area contributed by atoms with Gasteiger partial charge in [0.2, 0.25) is 0 Å². The Bertz CT molecular complexity index is 681. The van der Waals surface area contributed by atoms with Crippen LogP contribution in [-0.4, -0.2) is 31.0 Å². The zero-order chi connectivity index (χ0) is 16.1. The Labute approximate surface area is 128 Å². The number of phenolic OH excluding ortho intramolecular Hbond substituents is 1. The average Bonchev–Trinajstić information content (AvgIpc) is 2.49. The van der Waals surface area contributed by atoms with Crippen molar-refractivity contribution in [2.45, 2.75) is 0 Å². The molecule has 0 aliphatic carbocycles. The van der Waals surface area contributed by atoms with Gasteiger partial charge in [0.05, 0.1) is 0 Å². The highest BCUT2D eigenvalue weighted by molar-refractivity contribution is 6.43. The van der Waals surface area contributed by atoms with E-state index in [0.717, 1.165) is 5.69 Å². The fourth-order valence-corrected chi connectivity index (χ4v) is 1.78. The van der Waals surface area contributed by atoms with E-state index in [1.54, 1.807) is 18.2 Å². The summed E-state index contributed by atoms with van der Waals surface area (Å²) in [5.74, 6) is -1.45. The second-order valence-electron chi connectivity index (χ2n) is 4.90. The number of carbonyl (C=O) groups is 2. The van der Waals surface area contributed by atoms with Crippen molar-refractivity contribution in [1.82, 2.24) is 0 Å². The Morgan fingerprint density at radius 1 is 0.909 bits per heavy atom. The first-order chi connectivity index (χ1) is 10.5. The zero-order valence-electron chi connectivity index (χ0n) is 12.3. The van der Waals surface area contributed by atoms with E-state index in [-0.39, 0.29) is 5.75 Å². The van der Waals surface area contributed by atoms with Gasteiger partial charge in [-0.1, -0.05) is 6.07 Å². The van der Waals surface area contributed by atoms with E-state index >= 15 is 0 Å². The highest BCUT2D eigenvalue weighted by atomic mass is 16.3. The number of benzene rings is 2. The lowest BCUT2D eigenvalue weighted by Crippen LogP contribution is -2.29. The van der Waals surface area contributed by atoms with Crippen molar-refractivity contribution in [3.63, 3.8) is 0 Å². The van der Waals surface area contributed by atoms with Crippen molar-refractivity contribution in [2.75, 3.05) is 29.6 Å². The third kappa shape index (κ3) is 3.99. The van der Waals surface area contributed by atoms with Gasteiger partial charge in [0, 0.05) is 31.2 Å². The van der Waals surface area contributed by atoms with Gasteiger partial charge < -0.3 is 20.6 Å². The highest BCUT2D eigenvalue weighted by Crippen LogP contribution is 2.17. The minimum absolute atomic E-state index is 0.0861. The van der Waals surface area contributed by atoms with Gasteiger partial charge in [0.25, 0.3) is 0 Å². The maximum atomic E-state index is 11.9. The molecule has 0 saturated carbocycles. The largest absolute Gasteiger partial charge is 0.508 e. The number of nitrogens with zero attached hydrogens (tertiary/aromatic N) is 1. The summed E-state index contributed by atoms with van der Waals surface area (Å²) in [4.78, 5) is 25.6. The van der Waals surface area contributed by atoms with Crippen molar-refractivity contribution >= 4 is 28.9 Å². The number of anilines is 3. The van der Waals surface area contributed by atoms with E-state index < -0.39 is 11.8 Å². The molecule has 6 heteroatoms. The minimum atomic E-state index is -0.777. The Hall–Kier alpha value is -3.02. The highest BCUT2D eigenvalue weighted by Gasteiger charge is 2.14. The number of phenols is 1. The quantitative estimate of drug-likeness (QED) is 0.598. The monoisotopic (exact) mass is 299 g/mol. The van der Waals surface area contributed by atoms with Gasteiger partial charge in [-0.25, -0.2) is 0 Å². The van der Waals surface area contributed by atoms with E-state index in [9.17, 15) is 9.59 Å². The maximum Gasteiger partial charge on any atom is 0.314 e. The number of hydrogen-bond donors (Lipinski definition) is 3. The molecule has 0 aliphatic rings. The number of rotatable bonds is 3. The van der Waals surface area contributed by atoms with Crippen LogP contribution in [0.15, 0.2) is 48.5 Å². The summed E-state index contributed by atoms with van der Waals surface area (Å²) in [6.07, 6.45) is 0. The molecular formula is C16H17N3O3. The maximum absolute atomic E-state index is 11.9. The Morgan fingerprint density at radius 2 is 1.50 bits per heavy atom. The number of amides is 2. The molecule has 0 aliphatic heterocycles. The van der Waals surface area contributed by atoms with E-state index in [1.165, 1.54) is 24.3 Å². The van der Waals surface area contributed by atoms with Crippen LogP contribution < -0.4 is 15.5 Å². The fourth-order valence-electron chi connectivity index (χ4n) is 1.78. The lowest BCUT2D eigenvalue weighted by molar-refractivity contribution is -0.132. The summed E-state index contributed by atoms with van der Waals surface area (Å²) in [5, 5.41) is 14.2. The van der Waals surface area contributed by atoms with Gasteiger partial charge in [0.15, 0.2) is 0 Å². The molecule has 0 radical (unpaired) electrons. The second kappa shape index (κ2) is 6.62. The van der Waals surface area contributed by atoms with Crippen molar-refractivity contribution in [2.24, 2.45) is 0 Å². The molecule has 0 saturated heterocycles. The number of nitrogens with one attached hydrogen (secondary N) is 2. The molecule has 2 amide bonds. The van der Waals surface area contributed by atoms with Crippen LogP contribution in [-0.2, 0) is 9.59 Å². The molecule has 2 aromatic carbocycles. The molecule has 0 atom stereocenters. The van der Waals surface area contributed by atoms with Crippen LogP contribution in [0.3, 0.4) is 0 Å². The Kier molecular flexibility index (Phi) is 4.63. The van der Waals surface area contributed by atoms with Crippen molar-refractivity contribution in [1.29, 1.82) is 0 Å². The predicted molar refractivity (Wildman–Crippen MR) is 86.1 cm³/mol. The molecule has 22 heavy (non-hydrogen) atoms. The first-order valence-corrected chi connectivity index (χ1v) is 6.64. The lowest BCUT2D eigenvalue weighted by atomic mass is 10.2. The number of aromatic hydroxyl groups is 1. The number of carbonyl (C=O) groups excluding carboxylic acids is 2. The molecule has 2 aromatic rings. The standard InChI is InChI=1S/C16H17N3O3/c1-19(2)13-5-3-4-12(10-13)18-16(22)15(21)17-11-6-8-14(20)9-7-11/h3-10,20H,1-2H3,(H,17,21)(H,18,22). The summed E-state index contributed by atoms with van der Waals surface area (Å²) >= 11 is 0. The molecule has 6 nitrogen and oxygen atoms in total. The number of hydrogen-bond acceptors (Lipinski definition) is 4. The molecule has 2 rings (SSSR count). The van der Waals surface area contributed by atoms with Crippen LogP contribution >= 0.6 is 0 Å². The fraction of sp³-hybridized carbons (Fsp3) is 0.125. The molecule has 0 fully saturated rings. The molecule has 0 unspecified atom stereocenters. The predicted octanol–water partition coefficient (Wildman–Crippen LogP) is 2.04. The van der Waals surface area contributed by atoms with Crippen LogP contribution in [0, 0.1) is 0 Å². The smallest absolute Gasteiger partial charge is 0.314 e. The third-order valence-corrected chi connectivity index (χ3v) is 2.95. The van der Waals surface area contributed by atoms with Crippen LogP contribution in [0.4, 0.5) is 17.1 Å². The molecule has 0 spiro atoms. The SMILES string of the molecule is CN(C)c1cccc(NC(=O)C(=O)Nc2ccc(O)cc2)c1. The van der Waals surface area contributed by atoms with Gasteiger partial charge >= 0.3 is 11.8 Å². The molecular weight excluding hydrogens is 282 g/mol. The van der Waals surface area contributed by atoms with Crippen LogP contribution in [0.5, 0.6) is 5.75 Å². The van der Waals surface area contributed by atoms with Gasteiger partial charge in [0.1, 0.15) is 5.75 Å². The van der Waals surface area contributed by atoms with Crippen molar-refractivity contribution in [3.8, 4) is 5.75 Å². The average molecular weight is 299 g/mol. The summed E-state index contributed by atoms with van der Waals surface area (Å²) < 4.78 is 0. The van der Waals surface area contributed by atoms with Gasteiger partial charge in [-0.3, -0.25) is 9.59 Å². The molecule has 114 valence electrons. The van der Waals surface area contributed by atoms with E-state index in [2.05, 4.69) is 10.6 Å². The van der Waals surface area contributed by atoms with E-state index in [0.29, 0.717) is 11.4 Å². The minimum Gasteiger partial charge on any atom is -0.508 e. The topological polar surface area (TPSA) is 81.7 Å². The molecule has 3 N–H and O–H groups in total. The van der Waals surface area contributed by atoms with Crippen molar-refractivity contribution < 1.29 is 14.7 Å². The van der Waals surface area contributed by atoms with Gasteiger partial charge in [-0.15, -0.1) is 0 Å².